The molecule has 2 aromatic carbocycles. The summed E-state index contributed by atoms with van der Waals surface area (Å²) in [5, 5.41) is 3.33. The van der Waals surface area contributed by atoms with Crippen molar-refractivity contribution in [3.63, 3.8) is 0 Å². The number of amides is 1. The highest BCUT2D eigenvalue weighted by atomic mass is 35.5. The molecule has 0 heterocycles. The minimum absolute atomic E-state index is 0.0496. The van der Waals surface area contributed by atoms with Crippen molar-refractivity contribution in [1.82, 2.24) is 0 Å². The molecule has 2 rings (SSSR count). The summed E-state index contributed by atoms with van der Waals surface area (Å²) in [6.45, 7) is -3.00. The Morgan fingerprint density at radius 2 is 1.88 bits per heavy atom. The predicted molar refractivity (Wildman–Crippen MR) is 88.4 cm³/mol. The molecule has 0 aliphatic rings. The van der Waals surface area contributed by atoms with E-state index in [1.54, 1.807) is 18.2 Å². The fourth-order valence-corrected chi connectivity index (χ4v) is 2.30. The maximum atomic E-state index is 12.4. The van der Waals surface area contributed by atoms with Gasteiger partial charge in [-0.05, 0) is 29.8 Å². The first kappa shape index (κ1) is 18.3. The van der Waals surface area contributed by atoms with Gasteiger partial charge < -0.3 is 14.8 Å². The van der Waals surface area contributed by atoms with Crippen molar-refractivity contribution in [2.75, 3.05) is 12.4 Å². The fourth-order valence-electron chi connectivity index (χ4n) is 1.98. The largest absolute Gasteiger partial charge is 0.493 e. The van der Waals surface area contributed by atoms with Crippen LogP contribution in [0.2, 0.25) is 10.0 Å². The summed E-state index contributed by atoms with van der Waals surface area (Å²) in [6, 6.07) is 9.05. The fraction of sp³-hybridized carbons (Fsp3) is 0.188. The van der Waals surface area contributed by atoms with E-state index in [1.807, 2.05) is 0 Å². The molecule has 128 valence electrons. The maximum Gasteiger partial charge on any atom is 0.387 e. The zero-order chi connectivity index (χ0) is 17.7. The molecule has 0 atom stereocenters. The first-order chi connectivity index (χ1) is 11.4. The number of halogens is 4. The molecule has 0 bridgehead atoms. The number of anilines is 1. The summed E-state index contributed by atoms with van der Waals surface area (Å²) in [5.41, 5.74) is 0.968. The molecule has 0 unspecified atom stereocenters. The average Bonchev–Trinajstić information content (AvgIpc) is 2.50. The van der Waals surface area contributed by atoms with Gasteiger partial charge in [0.1, 0.15) is 0 Å². The van der Waals surface area contributed by atoms with Gasteiger partial charge in [-0.2, -0.15) is 8.78 Å². The van der Waals surface area contributed by atoms with E-state index in [-0.39, 0.29) is 23.8 Å². The maximum absolute atomic E-state index is 12.4. The average molecular weight is 376 g/mol. The van der Waals surface area contributed by atoms with E-state index in [0.29, 0.717) is 21.3 Å². The molecule has 0 saturated carbocycles. The number of hydrogen-bond donors (Lipinski definition) is 1. The predicted octanol–water partition coefficient (Wildman–Crippen LogP) is 4.78. The van der Waals surface area contributed by atoms with Crippen molar-refractivity contribution in [2.24, 2.45) is 0 Å². The number of ether oxygens (including phenoxy) is 2. The molecule has 0 fully saturated rings. The standard InChI is InChI=1S/C16H13Cl2F2NO3/c1-23-13-5-3-10(8-14(13)24-16(19)20)21-15(22)7-9-2-4-11(17)12(18)6-9/h2-6,8,16H,7H2,1H3,(H,21,22). The molecule has 0 aliphatic carbocycles. The van der Waals surface area contributed by atoms with Crippen LogP contribution in [0.15, 0.2) is 36.4 Å². The number of alkyl halides is 2. The number of carbonyl (C=O) groups is 1. The van der Waals surface area contributed by atoms with Crippen molar-refractivity contribution in [1.29, 1.82) is 0 Å². The van der Waals surface area contributed by atoms with E-state index in [2.05, 4.69) is 10.1 Å². The SMILES string of the molecule is COc1ccc(NC(=O)Cc2ccc(Cl)c(Cl)c2)cc1OC(F)F. The monoisotopic (exact) mass is 375 g/mol. The third kappa shape index (κ3) is 4.97. The van der Waals surface area contributed by atoms with E-state index in [0.717, 1.165) is 0 Å². The molecule has 2 aromatic rings. The summed E-state index contributed by atoms with van der Waals surface area (Å²) in [5.74, 6) is -0.376. The van der Waals surface area contributed by atoms with Crippen LogP contribution >= 0.6 is 23.2 Å². The Hall–Kier alpha value is -2.05. The molecule has 0 radical (unpaired) electrons. The van der Waals surface area contributed by atoms with Crippen LogP contribution in [-0.2, 0) is 11.2 Å². The zero-order valence-corrected chi connectivity index (χ0v) is 14.0. The van der Waals surface area contributed by atoms with Crippen molar-refractivity contribution in [3.05, 3.63) is 52.0 Å². The van der Waals surface area contributed by atoms with Crippen LogP contribution in [0.5, 0.6) is 11.5 Å². The van der Waals surface area contributed by atoms with Crippen molar-refractivity contribution >= 4 is 34.8 Å². The van der Waals surface area contributed by atoms with Crippen LogP contribution in [0.4, 0.5) is 14.5 Å². The molecule has 8 heteroatoms. The lowest BCUT2D eigenvalue weighted by Gasteiger charge is -2.12. The second-order valence-corrected chi connectivity index (χ2v) is 5.53. The van der Waals surface area contributed by atoms with Gasteiger partial charge in [0.05, 0.1) is 23.6 Å². The van der Waals surface area contributed by atoms with Crippen molar-refractivity contribution in [2.45, 2.75) is 13.0 Å². The first-order valence-electron chi connectivity index (χ1n) is 6.75. The first-order valence-corrected chi connectivity index (χ1v) is 7.51. The second-order valence-electron chi connectivity index (χ2n) is 4.72. The summed E-state index contributed by atoms with van der Waals surface area (Å²) < 4.78 is 34.1. The molecule has 4 nitrogen and oxygen atoms in total. The number of hydrogen-bond acceptors (Lipinski definition) is 3. The Balaban J connectivity index is 2.09. The van der Waals surface area contributed by atoms with Crippen molar-refractivity contribution in [3.8, 4) is 11.5 Å². The Labute approximate surface area is 147 Å². The summed E-state index contributed by atoms with van der Waals surface area (Å²) in [4.78, 5) is 12.1. The molecular formula is C16H13Cl2F2NO3. The molecule has 0 aliphatic heterocycles. The number of rotatable bonds is 6. The third-order valence-corrected chi connectivity index (χ3v) is 3.75. The Morgan fingerprint density at radius 1 is 1.12 bits per heavy atom. The topological polar surface area (TPSA) is 47.6 Å². The van der Waals surface area contributed by atoms with Gasteiger partial charge in [-0.1, -0.05) is 29.3 Å². The van der Waals surface area contributed by atoms with Crippen LogP contribution in [0, 0.1) is 0 Å². The zero-order valence-electron chi connectivity index (χ0n) is 12.5. The van der Waals surface area contributed by atoms with Gasteiger partial charge in [0.2, 0.25) is 5.91 Å². The van der Waals surface area contributed by atoms with Crippen LogP contribution < -0.4 is 14.8 Å². The van der Waals surface area contributed by atoms with Gasteiger partial charge in [0.25, 0.3) is 0 Å². The lowest BCUT2D eigenvalue weighted by molar-refractivity contribution is -0.115. The lowest BCUT2D eigenvalue weighted by atomic mass is 10.1. The third-order valence-electron chi connectivity index (χ3n) is 3.01. The molecule has 1 N–H and O–H groups in total. The number of carbonyl (C=O) groups excluding carboxylic acids is 1. The van der Waals surface area contributed by atoms with Crippen LogP contribution in [0.25, 0.3) is 0 Å². The minimum atomic E-state index is -3.00. The van der Waals surface area contributed by atoms with E-state index in [1.165, 1.54) is 25.3 Å². The molecule has 24 heavy (non-hydrogen) atoms. The molecule has 0 spiro atoms. The lowest BCUT2D eigenvalue weighted by Crippen LogP contribution is -2.14. The Kier molecular flexibility index (Phi) is 6.23. The normalized spacial score (nSPS) is 10.6. The van der Waals surface area contributed by atoms with Crippen LogP contribution in [0.3, 0.4) is 0 Å². The minimum Gasteiger partial charge on any atom is -0.493 e. The smallest absolute Gasteiger partial charge is 0.387 e. The summed E-state index contributed by atoms with van der Waals surface area (Å²) in [6.07, 6.45) is 0.0496. The number of benzene rings is 2. The van der Waals surface area contributed by atoms with Gasteiger partial charge >= 0.3 is 6.61 Å². The Bertz CT molecular complexity index is 741. The Morgan fingerprint density at radius 3 is 2.50 bits per heavy atom. The van der Waals surface area contributed by atoms with Gasteiger partial charge in [-0.15, -0.1) is 0 Å². The second kappa shape index (κ2) is 8.17. The van der Waals surface area contributed by atoms with E-state index in [9.17, 15) is 13.6 Å². The highest BCUT2D eigenvalue weighted by molar-refractivity contribution is 6.42. The van der Waals surface area contributed by atoms with Crippen molar-refractivity contribution < 1.29 is 23.0 Å². The van der Waals surface area contributed by atoms with Gasteiger partial charge in [0.15, 0.2) is 11.5 Å². The number of nitrogens with one attached hydrogen (secondary N) is 1. The van der Waals surface area contributed by atoms with E-state index in [4.69, 9.17) is 27.9 Å². The molecular weight excluding hydrogens is 363 g/mol. The summed E-state index contributed by atoms with van der Waals surface area (Å²) in [7, 11) is 1.33. The van der Waals surface area contributed by atoms with Gasteiger partial charge in [0, 0.05) is 11.8 Å². The van der Waals surface area contributed by atoms with Crippen LogP contribution in [0.1, 0.15) is 5.56 Å². The highest BCUT2D eigenvalue weighted by Crippen LogP contribution is 2.31. The molecule has 0 aromatic heterocycles. The van der Waals surface area contributed by atoms with Crippen LogP contribution in [-0.4, -0.2) is 19.6 Å². The van der Waals surface area contributed by atoms with E-state index >= 15 is 0 Å². The number of methoxy groups -OCH3 is 1. The van der Waals surface area contributed by atoms with Gasteiger partial charge in [-0.3, -0.25) is 4.79 Å². The molecule has 1 amide bonds. The van der Waals surface area contributed by atoms with Gasteiger partial charge in [-0.25, -0.2) is 0 Å². The molecule has 0 saturated heterocycles. The quantitative estimate of drug-likeness (QED) is 0.789. The van der Waals surface area contributed by atoms with E-state index < -0.39 is 6.61 Å². The highest BCUT2D eigenvalue weighted by Gasteiger charge is 2.13. The summed E-state index contributed by atoms with van der Waals surface area (Å²) >= 11 is 11.7.